The molecule has 5 heteroatoms. The fourth-order valence-corrected chi connectivity index (χ4v) is 2.62. The summed E-state index contributed by atoms with van der Waals surface area (Å²) in [6.45, 7) is 0. The van der Waals surface area contributed by atoms with E-state index in [2.05, 4.69) is 15.5 Å². The summed E-state index contributed by atoms with van der Waals surface area (Å²) in [7, 11) is 1.89. The van der Waals surface area contributed by atoms with E-state index >= 15 is 0 Å². The van der Waals surface area contributed by atoms with Gasteiger partial charge >= 0.3 is 0 Å². The van der Waals surface area contributed by atoms with Crippen LogP contribution in [0.2, 0.25) is 0 Å². The lowest BCUT2D eigenvalue weighted by molar-refractivity contribution is 0.662. The van der Waals surface area contributed by atoms with Gasteiger partial charge in [-0.15, -0.1) is 5.10 Å². The molecule has 0 bridgehead atoms. The second-order valence-corrected chi connectivity index (χ2v) is 4.38. The Balaban J connectivity index is 1.98. The van der Waals surface area contributed by atoms with Crippen LogP contribution in [-0.4, -0.2) is 25.5 Å². The van der Waals surface area contributed by atoms with Crippen LogP contribution in [0.3, 0.4) is 0 Å². The first-order valence-electron chi connectivity index (χ1n) is 4.25. The lowest BCUT2D eigenvalue weighted by Crippen LogP contribution is -1.99. The third-order valence-electron chi connectivity index (χ3n) is 2.16. The van der Waals surface area contributed by atoms with Gasteiger partial charge in [0.25, 0.3) is 0 Å². The monoisotopic (exact) mass is 184 g/mol. The van der Waals surface area contributed by atoms with E-state index in [9.17, 15) is 0 Å². The molecular weight excluding hydrogens is 172 g/mol. The Hall–Kier alpha value is -0.580. The molecule has 1 saturated carbocycles. The van der Waals surface area contributed by atoms with E-state index in [1.165, 1.54) is 25.7 Å². The van der Waals surface area contributed by atoms with Crippen LogP contribution in [0.4, 0.5) is 0 Å². The van der Waals surface area contributed by atoms with Crippen molar-refractivity contribution in [1.29, 1.82) is 0 Å². The molecule has 1 heterocycles. The largest absolute Gasteiger partial charge is 0.224 e. The first-order valence-corrected chi connectivity index (χ1v) is 5.13. The molecule has 0 saturated heterocycles. The summed E-state index contributed by atoms with van der Waals surface area (Å²) in [5, 5.41) is 13.0. The van der Waals surface area contributed by atoms with E-state index in [4.69, 9.17) is 0 Å². The maximum atomic E-state index is 3.94. The van der Waals surface area contributed by atoms with Gasteiger partial charge in [0.2, 0.25) is 5.16 Å². The molecule has 0 unspecified atom stereocenters. The van der Waals surface area contributed by atoms with Crippen LogP contribution in [0.1, 0.15) is 25.7 Å². The van der Waals surface area contributed by atoms with Gasteiger partial charge in [0, 0.05) is 12.3 Å². The maximum Gasteiger partial charge on any atom is 0.209 e. The number of aryl methyl sites for hydroxylation is 1. The number of tetrazole rings is 1. The zero-order chi connectivity index (χ0) is 8.39. The van der Waals surface area contributed by atoms with Gasteiger partial charge in [-0.1, -0.05) is 24.6 Å². The van der Waals surface area contributed by atoms with Crippen LogP contribution in [0, 0.1) is 0 Å². The van der Waals surface area contributed by atoms with Crippen molar-refractivity contribution in [3.63, 3.8) is 0 Å². The average Bonchev–Trinajstić information content (AvgIpc) is 2.65. The van der Waals surface area contributed by atoms with Crippen LogP contribution in [0.25, 0.3) is 0 Å². The molecule has 2 rings (SSSR count). The molecule has 0 aliphatic heterocycles. The van der Waals surface area contributed by atoms with Crippen molar-refractivity contribution in [3.05, 3.63) is 0 Å². The normalized spacial score (nSPS) is 18.8. The maximum absolute atomic E-state index is 3.94. The topological polar surface area (TPSA) is 43.6 Å². The van der Waals surface area contributed by atoms with E-state index in [1.807, 2.05) is 18.8 Å². The van der Waals surface area contributed by atoms with Gasteiger partial charge in [-0.3, -0.25) is 0 Å². The second-order valence-electron chi connectivity index (χ2n) is 3.11. The summed E-state index contributed by atoms with van der Waals surface area (Å²) in [6.07, 6.45) is 5.36. The molecule has 66 valence electrons. The third kappa shape index (κ3) is 1.60. The Kier molecular flexibility index (Phi) is 2.30. The molecule has 0 radical (unpaired) electrons. The van der Waals surface area contributed by atoms with Crippen LogP contribution in [0.5, 0.6) is 0 Å². The average molecular weight is 184 g/mol. The first-order chi connectivity index (χ1) is 5.86. The molecule has 0 N–H and O–H groups in total. The number of rotatable bonds is 2. The van der Waals surface area contributed by atoms with Crippen molar-refractivity contribution in [1.82, 2.24) is 20.2 Å². The molecule has 1 aromatic heterocycles. The highest BCUT2D eigenvalue weighted by Gasteiger charge is 2.18. The van der Waals surface area contributed by atoms with E-state index in [0.717, 1.165) is 10.4 Å². The fraction of sp³-hybridized carbons (Fsp3) is 0.857. The number of hydrogen-bond donors (Lipinski definition) is 0. The zero-order valence-corrected chi connectivity index (χ0v) is 7.92. The van der Waals surface area contributed by atoms with Crippen LogP contribution in [0.15, 0.2) is 5.16 Å². The van der Waals surface area contributed by atoms with Gasteiger partial charge in [-0.25, -0.2) is 4.68 Å². The molecule has 12 heavy (non-hydrogen) atoms. The predicted octanol–water partition coefficient (Wildman–Crippen LogP) is 1.24. The lowest BCUT2D eigenvalue weighted by Gasteiger charge is -2.04. The summed E-state index contributed by atoms with van der Waals surface area (Å²) in [5.74, 6) is 0. The van der Waals surface area contributed by atoms with Crippen molar-refractivity contribution in [3.8, 4) is 0 Å². The summed E-state index contributed by atoms with van der Waals surface area (Å²) in [4.78, 5) is 0. The molecular formula is C7H12N4S. The number of nitrogens with zero attached hydrogens (tertiary/aromatic N) is 4. The molecule has 4 nitrogen and oxygen atoms in total. The van der Waals surface area contributed by atoms with E-state index in [1.54, 1.807) is 4.68 Å². The molecule has 0 atom stereocenters. The molecule has 0 spiro atoms. The van der Waals surface area contributed by atoms with Gasteiger partial charge in [0.15, 0.2) is 0 Å². The van der Waals surface area contributed by atoms with Gasteiger partial charge in [0.1, 0.15) is 0 Å². The Morgan fingerprint density at radius 3 is 2.75 bits per heavy atom. The fourth-order valence-electron chi connectivity index (χ4n) is 1.48. The number of thioether (sulfide) groups is 1. The minimum absolute atomic E-state index is 0.745. The van der Waals surface area contributed by atoms with Gasteiger partial charge in [-0.05, 0) is 23.3 Å². The molecule has 1 aliphatic carbocycles. The molecule has 1 aliphatic rings. The lowest BCUT2D eigenvalue weighted by atomic mass is 10.4. The first kappa shape index (κ1) is 8.04. The minimum Gasteiger partial charge on any atom is -0.224 e. The second kappa shape index (κ2) is 3.43. The minimum atomic E-state index is 0.745. The Morgan fingerprint density at radius 1 is 1.42 bits per heavy atom. The Morgan fingerprint density at radius 2 is 2.17 bits per heavy atom. The van der Waals surface area contributed by atoms with Crippen molar-refractivity contribution < 1.29 is 0 Å². The molecule has 1 aromatic rings. The van der Waals surface area contributed by atoms with Crippen molar-refractivity contribution in [2.45, 2.75) is 36.1 Å². The summed E-state index contributed by atoms with van der Waals surface area (Å²) < 4.78 is 1.74. The summed E-state index contributed by atoms with van der Waals surface area (Å²) >= 11 is 1.81. The molecule has 1 fully saturated rings. The van der Waals surface area contributed by atoms with Gasteiger partial charge in [-0.2, -0.15) is 0 Å². The standard InChI is InChI=1S/C7H12N4S/c1-11-7(8-9-10-11)12-6-4-2-3-5-6/h6H,2-5H2,1H3. The highest BCUT2D eigenvalue weighted by Crippen LogP contribution is 2.32. The summed E-state index contributed by atoms with van der Waals surface area (Å²) in [6, 6.07) is 0. The van der Waals surface area contributed by atoms with Crippen LogP contribution >= 0.6 is 11.8 Å². The number of aromatic nitrogens is 4. The van der Waals surface area contributed by atoms with E-state index in [0.29, 0.717) is 0 Å². The highest BCUT2D eigenvalue weighted by atomic mass is 32.2. The van der Waals surface area contributed by atoms with E-state index in [-0.39, 0.29) is 0 Å². The van der Waals surface area contributed by atoms with Gasteiger partial charge in [0.05, 0.1) is 0 Å². The smallest absolute Gasteiger partial charge is 0.209 e. The summed E-state index contributed by atoms with van der Waals surface area (Å²) in [5.41, 5.74) is 0. The van der Waals surface area contributed by atoms with Crippen molar-refractivity contribution >= 4 is 11.8 Å². The SMILES string of the molecule is Cn1nnnc1SC1CCCC1. The Labute approximate surface area is 75.7 Å². The van der Waals surface area contributed by atoms with Crippen LogP contribution < -0.4 is 0 Å². The number of hydrogen-bond acceptors (Lipinski definition) is 4. The van der Waals surface area contributed by atoms with E-state index < -0.39 is 0 Å². The Bertz CT molecular complexity index is 254. The van der Waals surface area contributed by atoms with Gasteiger partial charge < -0.3 is 0 Å². The quantitative estimate of drug-likeness (QED) is 0.693. The molecule has 0 amide bonds. The van der Waals surface area contributed by atoms with Crippen molar-refractivity contribution in [2.75, 3.05) is 0 Å². The van der Waals surface area contributed by atoms with Crippen LogP contribution in [-0.2, 0) is 7.05 Å². The molecule has 0 aromatic carbocycles. The zero-order valence-electron chi connectivity index (χ0n) is 7.10. The predicted molar refractivity (Wildman–Crippen MR) is 46.9 cm³/mol. The highest BCUT2D eigenvalue weighted by molar-refractivity contribution is 7.99. The van der Waals surface area contributed by atoms with Crippen molar-refractivity contribution in [2.24, 2.45) is 7.05 Å². The third-order valence-corrected chi connectivity index (χ3v) is 3.52.